The second-order valence-electron chi connectivity index (χ2n) is 5.17. The van der Waals surface area contributed by atoms with Gasteiger partial charge in [-0.25, -0.2) is 0 Å². The molecule has 112 valence electrons. The highest BCUT2D eigenvalue weighted by Crippen LogP contribution is 2.31. The molecule has 1 aromatic carbocycles. The Morgan fingerprint density at radius 2 is 2.35 bits per heavy atom. The topological polar surface area (TPSA) is 56.5 Å². The quantitative estimate of drug-likeness (QED) is 0.625. The lowest BCUT2D eigenvalue weighted by Crippen LogP contribution is -2.30. The van der Waals surface area contributed by atoms with E-state index in [1.165, 1.54) is 12.8 Å². The molecular formula is C15H23ClN2O2. The van der Waals surface area contributed by atoms with Gasteiger partial charge in [0.1, 0.15) is 5.75 Å². The summed E-state index contributed by atoms with van der Waals surface area (Å²) in [5, 5.41) is 0.690. The first-order valence-corrected chi connectivity index (χ1v) is 7.53. The zero-order valence-electron chi connectivity index (χ0n) is 11.9. The summed E-state index contributed by atoms with van der Waals surface area (Å²) in [4.78, 5) is 0. The van der Waals surface area contributed by atoms with Crippen molar-refractivity contribution in [3.8, 4) is 5.75 Å². The molecule has 1 heterocycles. The molecule has 2 rings (SSSR count). The van der Waals surface area contributed by atoms with E-state index in [0.29, 0.717) is 11.1 Å². The maximum Gasteiger partial charge on any atom is 0.123 e. The lowest BCUT2D eigenvalue weighted by molar-refractivity contribution is 0.00851. The van der Waals surface area contributed by atoms with Crippen LogP contribution in [0.2, 0.25) is 5.02 Å². The zero-order valence-corrected chi connectivity index (χ0v) is 12.7. The molecule has 0 saturated carbocycles. The van der Waals surface area contributed by atoms with Gasteiger partial charge in [-0.1, -0.05) is 11.6 Å². The predicted molar refractivity (Wildman–Crippen MR) is 80.9 cm³/mol. The minimum Gasteiger partial charge on any atom is -0.496 e. The average molecular weight is 299 g/mol. The van der Waals surface area contributed by atoms with Crippen LogP contribution >= 0.6 is 11.6 Å². The third kappa shape index (κ3) is 4.09. The largest absolute Gasteiger partial charge is 0.496 e. The summed E-state index contributed by atoms with van der Waals surface area (Å²) in [6.45, 7) is 0.881. The maximum atomic E-state index is 6.07. The summed E-state index contributed by atoms with van der Waals surface area (Å²) in [5.74, 6) is 6.51. The molecule has 2 unspecified atom stereocenters. The number of methoxy groups -OCH3 is 1. The van der Waals surface area contributed by atoms with E-state index in [1.807, 2.05) is 18.2 Å². The first-order chi connectivity index (χ1) is 9.74. The maximum absolute atomic E-state index is 6.07. The van der Waals surface area contributed by atoms with Gasteiger partial charge >= 0.3 is 0 Å². The number of nitrogens with two attached hydrogens (primary N) is 1. The highest BCUT2D eigenvalue weighted by Gasteiger charge is 2.19. The zero-order chi connectivity index (χ0) is 14.4. The van der Waals surface area contributed by atoms with Crippen LogP contribution in [0.15, 0.2) is 18.2 Å². The molecule has 3 N–H and O–H groups in total. The van der Waals surface area contributed by atoms with Crippen LogP contribution in [-0.4, -0.2) is 19.8 Å². The minimum absolute atomic E-state index is 0.0224. The van der Waals surface area contributed by atoms with E-state index in [2.05, 4.69) is 5.43 Å². The smallest absolute Gasteiger partial charge is 0.123 e. The van der Waals surface area contributed by atoms with E-state index in [4.69, 9.17) is 26.9 Å². The summed E-state index contributed by atoms with van der Waals surface area (Å²) in [5.41, 5.74) is 3.86. The Morgan fingerprint density at radius 1 is 1.50 bits per heavy atom. The molecule has 1 aliphatic rings. The normalized spacial score (nSPS) is 20.6. The molecule has 1 aliphatic heterocycles. The highest BCUT2D eigenvalue weighted by molar-refractivity contribution is 6.30. The van der Waals surface area contributed by atoms with Crippen LogP contribution in [-0.2, 0) is 4.74 Å². The fourth-order valence-electron chi connectivity index (χ4n) is 2.69. The molecule has 20 heavy (non-hydrogen) atoms. The molecule has 0 spiro atoms. The van der Waals surface area contributed by atoms with Gasteiger partial charge in [0, 0.05) is 23.2 Å². The van der Waals surface area contributed by atoms with E-state index in [0.717, 1.165) is 37.2 Å². The van der Waals surface area contributed by atoms with E-state index in [-0.39, 0.29) is 6.04 Å². The van der Waals surface area contributed by atoms with Crippen molar-refractivity contribution >= 4 is 11.6 Å². The van der Waals surface area contributed by atoms with Gasteiger partial charge in [-0.2, -0.15) is 0 Å². The Kier molecular flexibility index (Phi) is 6.10. The van der Waals surface area contributed by atoms with Crippen molar-refractivity contribution in [2.24, 2.45) is 5.84 Å². The lowest BCUT2D eigenvalue weighted by Gasteiger charge is -2.25. The Morgan fingerprint density at radius 3 is 3.00 bits per heavy atom. The van der Waals surface area contributed by atoms with Gasteiger partial charge in [-0.3, -0.25) is 11.3 Å². The number of halogens is 1. The molecule has 1 saturated heterocycles. The van der Waals surface area contributed by atoms with Crippen molar-refractivity contribution in [2.75, 3.05) is 13.7 Å². The Labute approximate surface area is 125 Å². The van der Waals surface area contributed by atoms with Crippen LogP contribution in [0.3, 0.4) is 0 Å². The van der Waals surface area contributed by atoms with Gasteiger partial charge in [-0.05, 0) is 50.3 Å². The number of ether oxygens (including phenoxy) is 2. The van der Waals surface area contributed by atoms with Crippen LogP contribution in [0.1, 0.15) is 43.7 Å². The van der Waals surface area contributed by atoms with E-state index >= 15 is 0 Å². The molecule has 0 aromatic heterocycles. The number of hydrogen-bond acceptors (Lipinski definition) is 4. The average Bonchev–Trinajstić information content (AvgIpc) is 2.49. The Balaban J connectivity index is 2.01. The molecule has 0 aliphatic carbocycles. The van der Waals surface area contributed by atoms with Crippen LogP contribution in [0.25, 0.3) is 0 Å². The lowest BCUT2D eigenvalue weighted by atomic mass is 9.97. The third-order valence-corrected chi connectivity index (χ3v) is 4.05. The highest BCUT2D eigenvalue weighted by atomic mass is 35.5. The van der Waals surface area contributed by atoms with Gasteiger partial charge < -0.3 is 9.47 Å². The Hall–Kier alpha value is -0.810. The number of rotatable bonds is 6. The molecule has 4 nitrogen and oxygen atoms in total. The molecule has 0 radical (unpaired) electrons. The molecule has 5 heteroatoms. The van der Waals surface area contributed by atoms with Gasteiger partial charge in [0.05, 0.1) is 13.2 Å². The number of hydrazine groups is 1. The Bertz CT molecular complexity index is 422. The third-order valence-electron chi connectivity index (χ3n) is 3.82. The molecule has 0 bridgehead atoms. The molecular weight excluding hydrogens is 276 g/mol. The monoisotopic (exact) mass is 298 g/mol. The van der Waals surface area contributed by atoms with Crippen molar-refractivity contribution in [3.05, 3.63) is 28.8 Å². The van der Waals surface area contributed by atoms with Gasteiger partial charge in [-0.15, -0.1) is 0 Å². The van der Waals surface area contributed by atoms with Crippen LogP contribution in [0.4, 0.5) is 0 Å². The fraction of sp³-hybridized carbons (Fsp3) is 0.600. The second kappa shape index (κ2) is 7.84. The summed E-state index contributed by atoms with van der Waals surface area (Å²) < 4.78 is 11.2. The summed E-state index contributed by atoms with van der Waals surface area (Å²) >= 11 is 6.07. The van der Waals surface area contributed by atoms with E-state index < -0.39 is 0 Å². The SMILES string of the molecule is COc1ccc(Cl)cc1C(CCC1CCCCO1)NN. The van der Waals surface area contributed by atoms with Gasteiger partial charge in [0.2, 0.25) is 0 Å². The first-order valence-electron chi connectivity index (χ1n) is 7.15. The fourth-order valence-corrected chi connectivity index (χ4v) is 2.87. The van der Waals surface area contributed by atoms with E-state index in [9.17, 15) is 0 Å². The molecule has 1 fully saturated rings. The standard InChI is InChI=1S/C15H23ClN2O2/c1-19-15-8-5-11(16)10-13(15)14(18-17)7-6-12-4-2-3-9-20-12/h5,8,10,12,14,18H,2-4,6-7,9,17H2,1H3. The summed E-state index contributed by atoms with van der Waals surface area (Å²) in [7, 11) is 1.66. The van der Waals surface area contributed by atoms with Crippen molar-refractivity contribution in [1.82, 2.24) is 5.43 Å². The number of hydrogen-bond donors (Lipinski definition) is 2. The first kappa shape index (κ1) is 15.6. The molecule has 2 atom stereocenters. The van der Waals surface area contributed by atoms with Gasteiger partial charge in [0.25, 0.3) is 0 Å². The minimum atomic E-state index is 0.0224. The van der Waals surface area contributed by atoms with Crippen molar-refractivity contribution in [2.45, 2.75) is 44.2 Å². The number of benzene rings is 1. The summed E-state index contributed by atoms with van der Waals surface area (Å²) in [6.07, 6.45) is 5.82. The predicted octanol–water partition coefficient (Wildman–Crippen LogP) is 3.20. The van der Waals surface area contributed by atoms with Crippen LogP contribution < -0.4 is 16.0 Å². The second-order valence-corrected chi connectivity index (χ2v) is 5.61. The van der Waals surface area contributed by atoms with Crippen molar-refractivity contribution in [3.63, 3.8) is 0 Å². The summed E-state index contributed by atoms with van der Waals surface area (Å²) in [6, 6.07) is 5.63. The number of nitrogens with one attached hydrogen (secondary N) is 1. The molecule has 0 amide bonds. The van der Waals surface area contributed by atoms with Crippen LogP contribution in [0, 0.1) is 0 Å². The van der Waals surface area contributed by atoms with Crippen LogP contribution in [0.5, 0.6) is 5.75 Å². The van der Waals surface area contributed by atoms with Crippen molar-refractivity contribution < 1.29 is 9.47 Å². The van der Waals surface area contributed by atoms with E-state index in [1.54, 1.807) is 7.11 Å². The molecule has 1 aromatic rings. The van der Waals surface area contributed by atoms with Gasteiger partial charge in [0.15, 0.2) is 0 Å². The van der Waals surface area contributed by atoms with Crippen molar-refractivity contribution in [1.29, 1.82) is 0 Å².